The molecule has 2 atom stereocenters. The minimum atomic E-state index is -1.44. The highest BCUT2D eigenvalue weighted by Gasteiger charge is 2.19. The molecule has 0 bridgehead atoms. The first kappa shape index (κ1) is 23.0. The van der Waals surface area contributed by atoms with Gasteiger partial charge in [-0.1, -0.05) is 30.3 Å². The van der Waals surface area contributed by atoms with Crippen molar-refractivity contribution in [3.05, 3.63) is 35.9 Å². The quantitative estimate of drug-likeness (QED) is 0.347. The number of hydrogen-bond acceptors (Lipinski definition) is 8. The summed E-state index contributed by atoms with van der Waals surface area (Å²) in [6, 6.07) is 8.38. The zero-order chi connectivity index (χ0) is 20.1. The molecule has 0 fully saturated rings. The van der Waals surface area contributed by atoms with E-state index in [9.17, 15) is 19.2 Å². The number of carbonyl (C=O) groups excluding carboxylic acids is 4. The average molecular weight is 369 g/mol. The summed E-state index contributed by atoms with van der Waals surface area (Å²) in [6.07, 6.45) is -2.54. The highest BCUT2D eigenvalue weighted by Crippen LogP contribution is 2.03. The van der Waals surface area contributed by atoms with E-state index in [1.165, 1.54) is 0 Å². The number of benzene rings is 1. The van der Waals surface area contributed by atoms with Gasteiger partial charge >= 0.3 is 12.1 Å². The zero-order valence-electron chi connectivity index (χ0n) is 14.3. The Morgan fingerprint density at radius 3 is 2.12 bits per heavy atom. The van der Waals surface area contributed by atoms with E-state index >= 15 is 0 Å². The minimum absolute atomic E-state index is 0.153. The van der Waals surface area contributed by atoms with E-state index in [1.54, 1.807) is 6.92 Å². The Morgan fingerprint density at radius 1 is 1.12 bits per heavy atom. The second-order valence-electron chi connectivity index (χ2n) is 4.99. The molecule has 0 radical (unpaired) electrons. The van der Waals surface area contributed by atoms with Crippen LogP contribution in [0.3, 0.4) is 0 Å². The molecule has 7 N–H and O–H groups in total. The maximum atomic E-state index is 11.4. The van der Waals surface area contributed by atoms with Crippen molar-refractivity contribution in [3.8, 4) is 0 Å². The summed E-state index contributed by atoms with van der Waals surface area (Å²) in [7, 11) is 0. The van der Waals surface area contributed by atoms with Crippen LogP contribution in [0.5, 0.6) is 0 Å². The van der Waals surface area contributed by atoms with Gasteiger partial charge in [0.25, 0.3) is 0 Å². The van der Waals surface area contributed by atoms with E-state index in [4.69, 9.17) is 10.8 Å². The number of esters is 1. The Balaban J connectivity index is 0.000000590. The average Bonchev–Trinajstić information content (AvgIpc) is 2.55. The van der Waals surface area contributed by atoms with Gasteiger partial charge in [-0.3, -0.25) is 9.59 Å². The minimum Gasteiger partial charge on any atom is -0.434 e. The van der Waals surface area contributed by atoms with Crippen LogP contribution in [0.15, 0.2) is 30.3 Å². The lowest BCUT2D eigenvalue weighted by Crippen LogP contribution is -2.35. The maximum absolute atomic E-state index is 11.4. The van der Waals surface area contributed by atoms with E-state index in [0.29, 0.717) is 6.42 Å². The van der Waals surface area contributed by atoms with Gasteiger partial charge in [-0.15, -0.1) is 0 Å². The molecule has 1 unspecified atom stereocenters. The Kier molecular flexibility index (Phi) is 11.0. The third-order valence-electron chi connectivity index (χ3n) is 2.77. The smallest absolute Gasteiger partial charge is 0.434 e. The summed E-state index contributed by atoms with van der Waals surface area (Å²) >= 11 is 0. The molecule has 10 heteroatoms. The summed E-state index contributed by atoms with van der Waals surface area (Å²) in [5, 5.41) is 8.52. The summed E-state index contributed by atoms with van der Waals surface area (Å²) in [6.45, 7) is 1.77. The van der Waals surface area contributed by atoms with Crippen LogP contribution in [0, 0.1) is 0 Å². The summed E-state index contributed by atoms with van der Waals surface area (Å²) in [5.41, 5.74) is 15.7. The van der Waals surface area contributed by atoms with Crippen molar-refractivity contribution >= 4 is 23.9 Å². The van der Waals surface area contributed by atoms with Crippen LogP contribution in [0.25, 0.3) is 0 Å². The molecule has 144 valence electrons. The second-order valence-corrected chi connectivity index (χ2v) is 4.99. The number of amides is 2. The fraction of sp³-hybridized carbons (Fsp3) is 0.375. The highest BCUT2D eigenvalue weighted by molar-refractivity contribution is 5.86. The fourth-order valence-corrected chi connectivity index (χ4v) is 1.55. The number of carbonyl (C=O) groups is 4. The predicted octanol–water partition coefficient (Wildman–Crippen LogP) is -1.04. The first-order valence-corrected chi connectivity index (χ1v) is 7.61. The maximum Gasteiger partial charge on any atom is 0.516 e. The van der Waals surface area contributed by atoms with Gasteiger partial charge in [0.1, 0.15) is 12.1 Å². The van der Waals surface area contributed by atoms with E-state index in [-0.39, 0.29) is 6.61 Å². The normalized spacial score (nSPS) is 12.0. The number of hydrogen-bond donors (Lipinski definition) is 4. The van der Waals surface area contributed by atoms with Crippen LogP contribution in [-0.4, -0.2) is 47.8 Å². The van der Waals surface area contributed by atoms with Crippen LogP contribution in [0.1, 0.15) is 18.9 Å². The molecule has 0 saturated heterocycles. The molecule has 26 heavy (non-hydrogen) atoms. The number of aliphatic hydroxyl groups is 1. The van der Waals surface area contributed by atoms with Gasteiger partial charge in [-0.25, -0.2) is 9.59 Å². The second kappa shape index (κ2) is 12.4. The van der Waals surface area contributed by atoms with Crippen LogP contribution < -0.4 is 17.2 Å². The molecular formula is C16H23N3O7. The first-order chi connectivity index (χ1) is 12.2. The Labute approximate surface area is 150 Å². The van der Waals surface area contributed by atoms with E-state index in [0.717, 1.165) is 5.56 Å². The van der Waals surface area contributed by atoms with Gasteiger partial charge in [0.05, 0.1) is 13.0 Å². The standard InChI is InChI=1S/C12H15NO4.C4H8N2O3/c1-2-16-12(15)17-11(14)10(13)8-9-6-4-3-5-7-9;5-3(8)1-2(7)4(6)9/h3-7,10H,2,8,13H2,1H3;2,7H,1H2,(H2,5,8)(H2,6,9)/t10-;/m1./s1. The number of rotatable bonds is 7. The molecular weight excluding hydrogens is 346 g/mol. The van der Waals surface area contributed by atoms with Crippen LogP contribution in [0.2, 0.25) is 0 Å². The molecule has 0 saturated carbocycles. The lowest BCUT2D eigenvalue weighted by Gasteiger charge is -2.09. The Bertz CT molecular complexity index is 607. The molecule has 0 aliphatic rings. The molecule has 1 aromatic carbocycles. The molecule has 0 aliphatic heterocycles. The SMILES string of the molecule is CCOC(=O)OC(=O)[C@H](N)Cc1ccccc1.NC(=O)CC(O)C(N)=O. The summed E-state index contributed by atoms with van der Waals surface area (Å²) in [4.78, 5) is 42.2. The monoisotopic (exact) mass is 369 g/mol. The lowest BCUT2D eigenvalue weighted by molar-refractivity contribution is -0.141. The molecule has 0 aliphatic carbocycles. The predicted molar refractivity (Wildman–Crippen MR) is 90.2 cm³/mol. The largest absolute Gasteiger partial charge is 0.516 e. The van der Waals surface area contributed by atoms with Crippen LogP contribution in [0.4, 0.5) is 4.79 Å². The third-order valence-corrected chi connectivity index (χ3v) is 2.77. The van der Waals surface area contributed by atoms with E-state index in [2.05, 4.69) is 20.9 Å². The first-order valence-electron chi connectivity index (χ1n) is 7.61. The third kappa shape index (κ3) is 10.7. The molecule has 2 amide bonds. The van der Waals surface area contributed by atoms with Crippen molar-refractivity contribution < 1.29 is 33.8 Å². The van der Waals surface area contributed by atoms with Crippen LogP contribution >= 0.6 is 0 Å². The Hall–Kier alpha value is -2.98. The topological polar surface area (TPSA) is 185 Å². The van der Waals surface area contributed by atoms with Gasteiger partial charge in [0, 0.05) is 0 Å². The van der Waals surface area contributed by atoms with Crippen molar-refractivity contribution in [3.63, 3.8) is 0 Å². The van der Waals surface area contributed by atoms with Gasteiger partial charge in [-0.2, -0.15) is 0 Å². The zero-order valence-corrected chi connectivity index (χ0v) is 14.3. The van der Waals surface area contributed by atoms with Crippen molar-refractivity contribution in [2.24, 2.45) is 17.2 Å². The number of nitrogens with two attached hydrogens (primary N) is 3. The lowest BCUT2D eigenvalue weighted by atomic mass is 10.1. The van der Waals surface area contributed by atoms with Gasteiger partial charge in [-0.05, 0) is 18.9 Å². The van der Waals surface area contributed by atoms with Gasteiger partial charge in [0.15, 0.2) is 0 Å². The van der Waals surface area contributed by atoms with Crippen molar-refractivity contribution in [1.29, 1.82) is 0 Å². The molecule has 10 nitrogen and oxygen atoms in total. The van der Waals surface area contributed by atoms with Crippen molar-refractivity contribution in [1.82, 2.24) is 0 Å². The van der Waals surface area contributed by atoms with Gasteiger partial charge < -0.3 is 31.8 Å². The van der Waals surface area contributed by atoms with Crippen LogP contribution in [-0.2, 0) is 30.3 Å². The summed E-state index contributed by atoms with van der Waals surface area (Å²) in [5.74, 6) is -2.47. The molecule has 1 aromatic rings. The summed E-state index contributed by atoms with van der Waals surface area (Å²) < 4.78 is 8.88. The fourth-order valence-electron chi connectivity index (χ4n) is 1.55. The van der Waals surface area contributed by atoms with E-state index < -0.39 is 42.5 Å². The van der Waals surface area contributed by atoms with Gasteiger partial charge in [0.2, 0.25) is 11.8 Å². The number of aliphatic hydroxyl groups excluding tert-OH is 1. The number of ether oxygens (including phenoxy) is 2. The molecule has 1 rings (SSSR count). The van der Waals surface area contributed by atoms with Crippen molar-refractivity contribution in [2.75, 3.05) is 6.61 Å². The number of primary amides is 2. The Morgan fingerprint density at radius 2 is 1.69 bits per heavy atom. The molecule has 0 heterocycles. The van der Waals surface area contributed by atoms with E-state index in [1.807, 2.05) is 30.3 Å². The molecule has 0 aromatic heterocycles. The molecule has 0 spiro atoms. The van der Waals surface area contributed by atoms with Crippen molar-refractivity contribution in [2.45, 2.75) is 31.9 Å². The highest BCUT2D eigenvalue weighted by atomic mass is 16.7.